The minimum absolute atomic E-state index is 0.123. The smallest absolute Gasteiger partial charge is 0.388 e. The van der Waals surface area contributed by atoms with Crippen LogP contribution in [0.5, 0.6) is 5.88 Å². The number of nitriles is 1. The summed E-state index contributed by atoms with van der Waals surface area (Å²) >= 11 is 1.31. The minimum Gasteiger partial charge on any atom is -0.388 e. The number of hydrogen-bond donors (Lipinski definition) is 2. The van der Waals surface area contributed by atoms with Crippen LogP contribution in [0.15, 0.2) is 30.7 Å². The molecule has 0 spiro atoms. The van der Waals surface area contributed by atoms with Crippen molar-refractivity contribution in [3.63, 3.8) is 0 Å². The molecule has 26 heavy (non-hydrogen) atoms. The number of ether oxygens (including phenoxy) is 1. The van der Waals surface area contributed by atoms with E-state index in [2.05, 4.69) is 30.6 Å². The van der Waals surface area contributed by atoms with Gasteiger partial charge in [-0.05, 0) is 26.0 Å². The van der Waals surface area contributed by atoms with Crippen molar-refractivity contribution < 1.29 is 9.53 Å². The highest BCUT2D eigenvalue weighted by atomic mass is 32.1. The van der Waals surface area contributed by atoms with Gasteiger partial charge in [-0.15, -0.1) is 0 Å². The Kier molecular flexibility index (Phi) is 5.00. The molecule has 0 unspecified atom stereocenters. The van der Waals surface area contributed by atoms with Gasteiger partial charge in [-0.3, -0.25) is 10.3 Å². The largest absolute Gasteiger partial charge is 0.419 e. The van der Waals surface area contributed by atoms with Crippen LogP contribution in [-0.4, -0.2) is 26.0 Å². The molecule has 3 rings (SSSR count). The first-order valence-electron chi connectivity index (χ1n) is 7.41. The van der Waals surface area contributed by atoms with E-state index < -0.39 is 6.09 Å². The van der Waals surface area contributed by atoms with Crippen LogP contribution >= 0.6 is 11.3 Å². The first-order valence-corrected chi connectivity index (χ1v) is 8.23. The molecule has 0 atom stereocenters. The van der Waals surface area contributed by atoms with E-state index in [1.807, 2.05) is 6.07 Å². The zero-order valence-corrected chi connectivity index (χ0v) is 14.7. The second kappa shape index (κ2) is 7.54. The lowest BCUT2D eigenvalue weighted by atomic mass is 10.3. The topological polar surface area (TPSA) is 126 Å². The Bertz CT molecular complexity index is 996. The lowest BCUT2D eigenvalue weighted by Crippen LogP contribution is -2.18. The summed E-state index contributed by atoms with van der Waals surface area (Å²) in [6.07, 6.45) is 3.83. The summed E-state index contributed by atoms with van der Waals surface area (Å²) in [5.74, 6) is 0.979. The zero-order chi connectivity index (χ0) is 18.5. The molecule has 0 saturated heterocycles. The van der Waals surface area contributed by atoms with Crippen LogP contribution in [0.4, 0.5) is 21.3 Å². The molecule has 0 saturated carbocycles. The summed E-state index contributed by atoms with van der Waals surface area (Å²) in [4.78, 5) is 28.3. The number of rotatable bonds is 4. The lowest BCUT2D eigenvalue weighted by Gasteiger charge is -2.07. The predicted octanol–water partition coefficient (Wildman–Crippen LogP) is 3.17. The second-order valence-corrected chi connectivity index (χ2v) is 6.27. The van der Waals surface area contributed by atoms with E-state index in [0.29, 0.717) is 32.9 Å². The quantitative estimate of drug-likeness (QED) is 0.720. The van der Waals surface area contributed by atoms with E-state index in [0.717, 1.165) is 0 Å². The second-order valence-electron chi connectivity index (χ2n) is 5.07. The van der Waals surface area contributed by atoms with Gasteiger partial charge in [-0.25, -0.2) is 19.7 Å². The van der Waals surface area contributed by atoms with Gasteiger partial charge in [0.05, 0.1) is 22.5 Å². The van der Waals surface area contributed by atoms with Crippen LogP contribution in [0.2, 0.25) is 0 Å². The maximum Gasteiger partial charge on any atom is 0.419 e. The molecule has 0 aromatic carbocycles. The fraction of sp³-hybridized carbons (Fsp3) is 0.125. The van der Waals surface area contributed by atoms with E-state index >= 15 is 0 Å². The van der Waals surface area contributed by atoms with Crippen molar-refractivity contribution in [3.05, 3.63) is 47.1 Å². The molecule has 3 aromatic rings. The Labute approximate surface area is 152 Å². The summed E-state index contributed by atoms with van der Waals surface area (Å²) < 4.78 is 5.28. The highest BCUT2D eigenvalue weighted by molar-refractivity contribution is 7.16. The van der Waals surface area contributed by atoms with E-state index in [1.165, 1.54) is 23.7 Å². The normalized spacial score (nSPS) is 10.0. The number of anilines is 3. The molecular weight excluding hydrogens is 354 g/mol. The van der Waals surface area contributed by atoms with Crippen molar-refractivity contribution in [2.24, 2.45) is 0 Å². The Morgan fingerprint density at radius 1 is 1.31 bits per heavy atom. The third-order valence-electron chi connectivity index (χ3n) is 3.02. The number of carbonyl (C=O) groups is 1. The summed E-state index contributed by atoms with van der Waals surface area (Å²) in [6, 6.07) is 5.20. The number of amides is 1. The van der Waals surface area contributed by atoms with Gasteiger partial charge in [0, 0.05) is 12.4 Å². The third kappa shape index (κ3) is 4.28. The molecule has 130 valence electrons. The molecule has 3 aromatic heterocycles. The molecule has 2 N–H and O–H groups in total. The van der Waals surface area contributed by atoms with E-state index in [9.17, 15) is 4.79 Å². The van der Waals surface area contributed by atoms with Gasteiger partial charge in [0.25, 0.3) is 5.88 Å². The van der Waals surface area contributed by atoms with Crippen LogP contribution in [0.25, 0.3) is 0 Å². The van der Waals surface area contributed by atoms with Gasteiger partial charge in [-0.2, -0.15) is 5.26 Å². The van der Waals surface area contributed by atoms with Crippen molar-refractivity contribution >= 4 is 33.9 Å². The number of thiazole rings is 1. The number of pyridine rings is 1. The average Bonchev–Trinajstić information content (AvgIpc) is 2.93. The van der Waals surface area contributed by atoms with Crippen molar-refractivity contribution in [2.45, 2.75) is 13.8 Å². The van der Waals surface area contributed by atoms with Crippen LogP contribution in [0.3, 0.4) is 0 Å². The van der Waals surface area contributed by atoms with E-state index in [4.69, 9.17) is 10.00 Å². The van der Waals surface area contributed by atoms with Gasteiger partial charge >= 0.3 is 6.09 Å². The number of nitrogens with zero attached hydrogens (tertiary/aromatic N) is 5. The van der Waals surface area contributed by atoms with Crippen LogP contribution in [-0.2, 0) is 0 Å². The predicted molar refractivity (Wildman–Crippen MR) is 95.5 cm³/mol. The van der Waals surface area contributed by atoms with Crippen molar-refractivity contribution in [1.82, 2.24) is 19.9 Å². The minimum atomic E-state index is -0.722. The SMILES string of the molecule is Cc1nccc(NC(=O)Oc2nc(C)sc2Nc2cncc(C#N)c2)n1. The molecule has 1 amide bonds. The fourth-order valence-electron chi connectivity index (χ4n) is 2.00. The number of carbonyl (C=O) groups excluding carboxylic acids is 1. The van der Waals surface area contributed by atoms with Gasteiger partial charge in [0.1, 0.15) is 17.7 Å². The van der Waals surface area contributed by atoms with E-state index in [1.54, 1.807) is 32.2 Å². The standard InChI is InChI=1S/C16H13N7O2S/c1-9-19-4-3-13(20-9)23-16(24)25-14-15(26-10(2)21-14)22-12-5-11(6-17)7-18-8-12/h3-5,7-8,22H,1-2H3,(H,19,20,23,24). The van der Waals surface area contributed by atoms with E-state index in [-0.39, 0.29) is 5.88 Å². The van der Waals surface area contributed by atoms with Crippen molar-refractivity contribution in [2.75, 3.05) is 10.6 Å². The molecular formula is C16H13N7O2S. The summed E-state index contributed by atoms with van der Waals surface area (Å²) in [5, 5.41) is 15.8. The number of nitrogens with one attached hydrogen (secondary N) is 2. The average molecular weight is 367 g/mol. The van der Waals surface area contributed by atoms with Crippen molar-refractivity contribution in [1.29, 1.82) is 5.26 Å². The maximum absolute atomic E-state index is 12.1. The first-order chi connectivity index (χ1) is 12.5. The number of aromatic nitrogens is 4. The number of aryl methyl sites for hydroxylation is 2. The Balaban J connectivity index is 1.74. The monoisotopic (exact) mass is 367 g/mol. The molecule has 3 heterocycles. The molecule has 0 aliphatic rings. The van der Waals surface area contributed by atoms with Crippen LogP contribution in [0.1, 0.15) is 16.4 Å². The summed E-state index contributed by atoms with van der Waals surface area (Å²) in [6.45, 7) is 3.50. The Morgan fingerprint density at radius 3 is 2.92 bits per heavy atom. The van der Waals surface area contributed by atoms with Gasteiger partial charge in [0.2, 0.25) is 0 Å². The first kappa shape index (κ1) is 17.2. The highest BCUT2D eigenvalue weighted by Gasteiger charge is 2.16. The van der Waals surface area contributed by atoms with Gasteiger partial charge in [0.15, 0.2) is 5.00 Å². The molecule has 0 aliphatic heterocycles. The van der Waals surface area contributed by atoms with Crippen molar-refractivity contribution in [3.8, 4) is 11.9 Å². The highest BCUT2D eigenvalue weighted by Crippen LogP contribution is 2.33. The molecule has 0 bridgehead atoms. The summed E-state index contributed by atoms with van der Waals surface area (Å²) in [7, 11) is 0. The molecule has 0 radical (unpaired) electrons. The van der Waals surface area contributed by atoms with Crippen LogP contribution in [0, 0.1) is 25.2 Å². The van der Waals surface area contributed by atoms with Crippen LogP contribution < -0.4 is 15.4 Å². The molecule has 10 heteroatoms. The Hall–Kier alpha value is -3.58. The lowest BCUT2D eigenvalue weighted by molar-refractivity contribution is 0.213. The van der Waals surface area contributed by atoms with Gasteiger partial charge < -0.3 is 10.1 Å². The molecule has 0 fully saturated rings. The zero-order valence-electron chi connectivity index (χ0n) is 13.8. The maximum atomic E-state index is 12.1. The molecule has 9 nitrogen and oxygen atoms in total. The third-order valence-corrected chi connectivity index (χ3v) is 3.89. The van der Waals surface area contributed by atoms with Gasteiger partial charge in [-0.1, -0.05) is 11.3 Å². The fourth-order valence-corrected chi connectivity index (χ4v) is 2.77. The Morgan fingerprint density at radius 2 is 2.15 bits per heavy atom. The number of hydrogen-bond acceptors (Lipinski definition) is 9. The summed E-state index contributed by atoms with van der Waals surface area (Å²) in [5.41, 5.74) is 1.000. The molecule has 0 aliphatic carbocycles.